The third-order valence-electron chi connectivity index (χ3n) is 3.48. The number of ether oxygens (including phenoxy) is 1. The van der Waals surface area contributed by atoms with Gasteiger partial charge in [-0.15, -0.1) is 0 Å². The van der Waals surface area contributed by atoms with Crippen molar-refractivity contribution >= 4 is 28.8 Å². The molecule has 0 saturated carbocycles. The van der Waals surface area contributed by atoms with Crippen LogP contribution in [-0.4, -0.2) is 4.99 Å². The van der Waals surface area contributed by atoms with Gasteiger partial charge < -0.3 is 14.5 Å². The lowest BCUT2D eigenvalue weighted by molar-refractivity contribution is 0.305. The highest BCUT2D eigenvalue weighted by Gasteiger charge is 2.10. The molecule has 3 aromatic rings. The molecule has 0 radical (unpaired) electrons. The zero-order chi connectivity index (χ0) is 16.8. The van der Waals surface area contributed by atoms with E-state index < -0.39 is 0 Å². The van der Waals surface area contributed by atoms with E-state index in [0.717, 1.165) is 22.6 Å². The SMILES string of the molecule is S=C(NCc1ccco1)c1ccccc1OCc1ccccc1Cl. The van der Waals surface area contributed by atoms with Crippen LogP contribution in [0.2, 0.25) is 5.02 Å². The van der Waals surface area contributed by atoms with Crippen LogP contribution < -0.4 is 10.1 Å². The molecule has 0 spiro atoms. The van der Waals surface area contributed by atoms with Crippen LogP contribution in [0.5, 0.6) is 5.75 Å². The Morgan fingerprint density at radius 3 is 2.62 bits per heavy atom. The first-order valence-electron chi connectivity index (χ1n) is 7.50. The van der Waals surface area contributed by atoms with Crippen LogP contribution in [0.15, 0.2) is 71.3 Å². The fourth-order valence-corrected chi connectivity index (χ4v) is 2.66. The number of thiocarbonyl (C=S) groups is 1. The summed E-state index contributed by atoms with van der Waals surface area (Å²) in [5.74, 6) is 1.54. The second-order valence-corrected chi connectivity index (χ2v) is 5.95. The van der Waals surface area contributed by atoms with Gasteiger partial charge in [-0.25, -0.2) is 0 Å². The van der Waals surface area contributed by atoms with Gasteiger partial charge in [0, 0.05) is 10.6 Å². The molecule has 0 unspecified atom stereocenters. The minimum atomic E-state index is 0.386. The lowest BCUT2D eigenvalue weighted by atomic mass is 10.2. The molecule has 1 heterocycles. The Bertz CT molecular complexity index is 818. The third-order valence-corrected chi connectivity index (χ3v) is 4.21. The number of hydrogen-bond donors (Lipinski definition) is 1. The van der Waals surface area contributed by atoms with Gasteiger partial charge in [0.05, 0.1) is 18.4 Å². The standard InChI is InChI=1S/C19H16ClNO2S/c20-17-9-3-1-6-14(17)13-23-18-10-4-2-8-16(18)19(24)21-12-15-7-5-11-22-15/h1-11H,12-13H2,(H,21,24). The number of nitrogens with one attached hydrogen (secondary N) is 1. The first-order valence-corrected chi connectivity index (χ1v) is 8.28. The lowest BCUT2D eigenvalue weighted by Crippen LogP contribution is -2.22. The van der Waals surface area contributed by atoms with E-state index in [1.807, 2.05) is 60.7 Å². The highest BCUT2D eigenvalue weighted by atomic mass is 35.5. The Kier molecular flexibility index (Phi) is 5.51. The summed E-state index contributed by atoms with van der Waals surface area (Å²) in [6.45, 7) is 0.919. The molecule has 0 aliphatic heterocycles. The predicted molar refractivity (Wildman–Crippen MR) is 99.5 cm³/mol. The first kappa shape index (κ1) is 16.6. The van der Waals surface area contributed by atoms with Crippen LogP contribution in [0.3, 0.4) is 0 Å². The summed E-state index contributed by atoms with van der Waals surface area (Å²) in [7, 11) is 0. The van der Waals surface area contributed by atoms with E-state index in [-0.39, 0.29) is 0 Å². The van der Waals surface area contributed by atoms with Crippen molar-refractivity contribution in [2.75, 3.05) is 0 Å². The Morgan fingerprint density at radius 2 is 1.83 bits per heavy atom. The summed E-state index contributed by atoms with van der Waals surface area (Å²) in [4.78, 5) is 0.612. The molecule has 5 heteroatoms. The van der Waals surface area contributed by atoms with Gasteiger partial charge in [0.2, 0.25) is 0 Å². The van der Waals surface area contributed by atoms with Crippen LogP contribution in [0.4, 0.5) is 0 Å². The first-order chi connectivity index (χ1) is 11.7. The monoisotopic (exact) mass is 357 g/mol. The lowest BCUT2D eigenvalue weighted by Gasteiger charge is -2.13. The fraction of sp³-hybridized carbons (Fsp3) is 0.105. The van der Waals surface area contributed by atoms with Crippen molar-refractivity contribution in [2.24, 2.45) is 0 Å². The number of halogens is 1. The van der Waals surface area contributed by atoms with Crippen molar-refractivity contribution in [2.45, 2.75) is 13.2 Å². The Hall–Kier alpha value is -2.30. The topological polar surface area (TPSA) is 34.4 Å². The summed E-state index contributed by atoms with van der Waals surface area (Å²) in [6, 6.07) is 19.0. The van der Waals surface area contributed by atoms with E-state index in [1.165, 1.54) is 0 Å². The molecule has 0 bridgehead atoms. The van der Waals surface area contributed by atoms with Crippen LogP contribution in [0.25, 0.3) is 0 Å². The highest BCUT2D eigenvalue weighted by molar-refractivity contribution is 7.80. The van der Waals surface area contributed by atoms with Crippen molar-refractivity contribution < 1.29 is 9.15 Å². The molecule has 0 amide bonds. The minimum absolute atomic E-state index is 0.386. The van der Waals surface area contributed by atoms with Crippen molar-refractivity contribution in [1.82, 2.24) is 5.32 Å². The molecule has 1 aromatic heterocycles. The van der Waals surface area contributed by atoms with Crippen LogP contribution in [0, 0.1) is 0 Å². The quantitative estimate of drug-likeness (QED) is 0.631. The molecule has 2 aromatic carbocycles. The molecule has 1 N–H and O–H groups in total. The second kappa shape index (κ2) is 7.99. The largest absolute Gasteiger partial charge is 0.488 e. The Morgan fingerprint density at radius 1 is 1.04 bits per heavy atom. The molecule has 0 fully saturated rings. The van der Waals surface area contributed by atoms with E-state index in [1.54, 1.807) is 6.26 Å². The number of benzene rings is 2. The molecule has 3 rings (SSSR count). The maximum Gasteiger partial charge on any atom is 0.129 e. The zero-order valence-electron chi connectivity index (χ0n) is 12.9. The Balaban J connectivity index is 1.68. The van der Waals surface area contributed by atoms with Crippen LogP contribution in [-0.2, 0) is 13.2 Å². The predicted octanol–water partition coefficient (Wildman–Crippen LogP) is 4.98. The molecule has 0 aliphatic rings. The van der Waals surface area contributed by atoms with Crippen LogP contribution in [0.1, 0.15) is 16.9 Å². The summed E-state index contributed by atoms with van der Waals surface area (Å²) >= 11 is 11.7. The summed E-state index contributed by atoms with van der Waals surface area (Å²) in [6.07, 6.45) is 1.64. The van der Waals surface area contributed by atoms with Gasteiger partial charge in [-0.1, -0.05) is 54.2 Å². The zero-order valence-corrected chi connectivity index (χ0v) is 14.4. The average Bonchev–Trinajstić information content (AvgIpc) is 3.13. The van der Waals surface area contributed by atoms with Crippen molar-refractivity contribution in [3.63, 3.8) is 0 Å². The fourth-order valence-electron chi connectivity index (χ4n) is 2.23. The molecular weight excluding hydrogens is 342 g/mol. The van der Waals surface area contributed by atoms with Gasteiger partial charge in [-0.3, -0.25) is 0 Å². The van der Waals surface area contributed by atoms with Gasteiger partial charge in [0.25, 0.3) is 0 Å². The maximum absolute atomic E-state index is 6.17. The van der Waals surface area contributed by atoms with Crippen molar-refractivity contribution in [1.29, 1.82) is 0 Å². The third kappa shape index (κ3) is 4.16. The molecule has 0 saturated heterocycles. The van der Waals surface area contributed by atoms with E-state index in [4.69, 9.17) is 33.0 Å². The molecule has 24 heavy (non-hydrogen) atoms. The van der Waals surface area contributed by atoms with Gasteiger partial charge in [-0.05, 0) is 30.3 Å². The summed E-state index contributed by atoms with van der Waals surface area (Å²) < 4.78 is 11.2. The highest BCUT2D eigenvalue weighted by Crippen LogP contribution is 2.22. The molecule has 0 aliphatic carbocycles. The number of hydrogen-bond acceptors (Lipinski definition) is 3. The molecule has 122 valence electrons. The smallest absolute Gasteiger partial charge is 0.129 e. The Labute approximate surface area is 151 Å². The van der Waals surface area contributed by atoms with E-state index in [9.17, 15) is 0 Å². The molecule has 0 atom stereocenters. The van der Waals surface area contributed by atoms with Crippen LogP contribution >= 0.6 is 23.8 Å². The maximum atomic E-state index is 6.17. The van der Waals surface area contributed by atoms with Crippen molar-refractivity contribution in [3.8, 4) is 5.75 Å². The minimum Gasteiger partial charge on any atom is -0.488 e. The summed E-state index contributed by atoms with van der Waals surface area (Å²) in [5.41, 5.74) is 1.77. The second-order valence-electron chi connectivity index (χ2n) is 5.14. The average molecular weight is 358 g/mol. The number of para-hydroxylation sites is 1. The van der Waals surface area contributed by atoms with E-state index in [2.05, 4.69) is 5.32 Å². The van der Waals surface area contributed by atoms with Gasteiger partial charge in [0.1, 0.15) is 23.1 Å². The van der Waals surface area contributed by atoms with E-state index >= 15 is 0 Å². The number of rotatable bonds is 6. The van der Waals surface area contributed by atoms with Gasteiger partial charge in [-0.2, -0.15) is 0 Å². The molecular formula is C19H16ClNO2S. The van der Waals surface area contributed by atoms with Gasteiger partial charge >= 0.3 is 0 Å². The normalized spacial score (nSPS) is 10.4. The summed E-state index contributed by atoms with van der Waals surface area (Å²) in [5, 5.41) is 3.87. The molecule has 3 nitrogen and oxygen atoms in total. The van der Waals surface area contributed by atoms with E-state index in [0.29, 0.717) is 23.2 Å². The van der Waals surface area contributed by atoms with Gasteiger partial charge in [0.15, 0.2) is 0 Å². The number of furan rings is 1. The van der Waals surface area contributed by atoms with Crippen molar-refractivity contribution in [3.05, 3.63) is 88.8 Å².